The van der Waals surface area contributed by atoms with Crippen molar-refractivity contribution in [3.63, 3.8) is 0 Å². The molecule has 0 aliphatic carbocycles. The smallest absolute Gasteiger partial charge is 0.335 e. The van der Waals surface area contributed by atoms with Crippen molar-refractivity contribution in [2.45, 2.75) is 12.1 Å². The number of amides is 1. The van der Waals surface area contributed by atoms with E-state index < -0.39 is 12.0 Å². The fraction of sp³-hybridized carbons (Fsp3) is 0.111. The van der Waals surface area contributed by atoms with Gasteiger partial charge in [0, 0.05) is 17.4 Å². The largest absolute Gasteiger partial charge is 0.478 e. The molecule has 0 saturated carbocycles. The third-order valence-electron chi connectivity index (χ3n) is 5.88. The zero-order valence-corrected chi connectivity index (χ0v) is 19.8. The van der Waals surface area contributed by atoms with Gasteiger partial charge in [-0.2, -0.15) is 0 Å². The van der Waals surface area contributed by atoms with Gasteiger partial charge >= 0.3 is 5.97 Å². The van der Waals surface area contributed by atoms with Gasteiger partial charge in [0.15, 0.2) is 5.11 Å². The van der Waals surface area contributed by atoms with E-state index in [1.165, 1.54) is 6.07 Å². The summed E-state index contributed by atoms with van der Waals surface area (Å²) in [6, 6.07) is 24.2. The molecule has 4 aromatic rings. The Hall–Kier alpha value is -4.50. The lowest BCUT2D eigenvalue weighted by Gasteiger charge is -2.25. The second-order valence-corrected chi connectivity index (χ2v) is 8.64. The summed E-state index contributed by atoms with van der Waals surface area (Å²) in [7, 11) is 0. The maximum absolute atomic E-state index is 12.9. The third kappa shape index (κ3) is 4.82. The van der Waals surface area contributed by atoms with Crippen molar-refractivity contribution in [3.05, 3.63) is 108 Å². The number of para-hydroxylation sites is 1. The Morgan fingerprint density at radius 1 is 1.03 bits per heavy atom. The fourth-order valence-corrected chi connectivity index (χ4v) is 4.54. The van der Waals surface area contributed by atoms with E-state index in [1.54, 1.807) is 35.4 Å². The number of aromatic nitrogens is 1. The van der Waals surface area contributed by atoms with Crippen LogP contribution in [-0.4, -0.2) is 38.5 Å². The van der Waals surface area contributed by atoms with E-state index in [0.29, 0.717) is 27.9 Å². The predicted octanol–water partition coefficient (Wildman–Crippen LogP) is 4.65. The number of pyridine rings is 1. The van der Waals surface area contributed by atoms with E-state index in [0.717, 1.165) is 5.69 Å². The van der Waals surface area contributed by atoms with Crippen LogP contribution in [0.4, 0.5) is 5.69 Å². The SMILES string of the molecule is O=C(CN1C(=S)NC(c2ccccn2)C1c1ccc(-c2cccc(C(=O)O)c2)o1)Nc1ccccc1. The number of carbonyl (C=O) groups excluding carboxylic acids is 1. The van der Waals surface area contributed by atoms with Crippen molar-refractivity contribution < 1.29 is 19.1 Å². The standard InChI is InChI=1S/C27H22N4O4S/c32-23(29-19-9-2-1-3-10-19)16-31-25(24(30-27(31)36)20-11-4-5-14-28-20)22-13-12-21(35-22)17-7-6-8-18(15-17)26(33)34/h1-15,24-25H,16H2,(H,29,32)(H,30,36)(H,33,34). The molecule has 1 fully saturated rings. The molecule has 2 aromatic heterocycles. The molecule has 1 aliphatic rings. The lowest BCUT2D eigenvalue weighted by atomic mass is 10.0. The van der Waals surface area contributed by atoms with Gasteiger partial charge in [0.25, 0.3) is 0 Å². The van der Waals surface area contributed by atoms with Crippen LogP contribution in [0.1, 0.15) is 33.9 Å². The van der Waals surface area contributed by atoms with Crippen molar-refractivity contribution in [2.24, 2.45) is 0 Å². The number of anilines is 1. The van der Waals surface area contributed by atoms with Crippen LogP contribution in [0.15, 0.2) is 95.5 Å². The first-order valence-electron chi connectivity index (χ1n) is 11.3. The van der Waals surface area contributed by atoms with Crippen LogP contribution in [0.5, 0.6) is 0 Å². The second kappa shape index (κ2) is 10.0. The van der Waals surface area contributed by atoms with Gasteiger partial charge in [-0.1, -0.05) is 36.4 Å². The zero-order valence-electron chi connectivity index (χ0n) is 19.0. The van der Waals surface area contributed by atoms with E-state index in [4.69, 9.17) is 16.6 Å². The number of carbonyl (C=O) groups is 2. The Balaban J connectivity index is 1.47. The molecule has 8 nitrogen and oxygen atoms in total. The van der Waals surface area contributed by atoms with Gasteiger partial charge in [0.1, 0.15) is 24.1 Å². The highest BCUT2D eigenvalue weighted by Gasteiger charge is 2.42. The Morgan fingerprint density at radius 2 is 1.83 bits per heavy atom. The van der Waals surface area contributed by atoms with Crippen molar-refractivity contribution in [1.29, 1.82) is 0 Å². The van der Waals surface area contributed by atoms with E-state index in [-0.39, 0.29) is 24.1 Å². The zero-order chi connectivity index (χ0) is 25.1. The normalized spacial score (nSPS) is 17.0. The maximum atomic E-state index is 12.9. The average molecular weight is 499 g/mol. The van der Waals surface area contributed by atoms with Crippen molar-refractivity contribution >= 4 is 34.9 Å². The van der Waals surface area contributed by atoms with Gasteiger partial charge in [-0.15, -0.1) is 0 Å². The van der Waals surface area contributed by atoms with Gasteiger partial charge in [0.2, 0.25) is 5.91 Å². The molecule has 1 amide bonds. The van der Waals surface area contributed by atoms with E-state index in [9.17, 15) is 14.7 Å². The highest BCUT2D eigenvalue weighted by Crippen LogP contribution is 2.40. The second-order valence-electron chi connectivity index (χ2n) is 8.26. The lowest BCUT2D eigenvalue weighted by Crippen LogP contribution is -2.36. The number of thiocarbonyl (C=S) groups is 1. The van der Waals surface area contributed by atoms with Crippen LogP contribution >= 0.6 is 12.2 Å². The van der Waals surface area contributed by atoms with E-state index >= 15 is 0 Å². The lowest BCUT2D eigenvalue weighted by molar-refractivity contribution is -0.116. The molecule has 36 heavy (non-hydrogen) atoms. The first kappa shape index (κ1) is 23.3. The van der Waals surface area contributed by atoms with Crippen LogP contribution in [0, 0.1) is 0 Å². The van der Waals surface area contributed by atoms with Crippen LogP contribution < -0.4 is 10.6 Å². The summed E-state index contributed by atoms with van der Waals surface area (Å²) in [6.45, 7) is -0.000734. The summed E-state index contributed by atoms with van der Waals surface area (Å²) >= 11 is 5.62. The molecule has 2 aromatic carbocycles. The predicted molar refractivity (Wildman–Crippen MR) is 138 cm³/mol. The first-order valence-corrected chi connectivity index (χ1v) is 11.7. The van der Waals surface area contributed by atoms with Gasteiger partial charge in [0.05, 0.1) is 17.3 Å². The average Bonchev–Trinajstić information content (AvgIpc) is 3.50. The summed E-state index contributed by atoms with van der Waals surface area (Å²) in [5.41, 5.74) is 2.25. The monoisotopic (exact) mass is 498 g/mol. The van der Waals surface area contributed by atoms with Crippen LogP contribution in [-0.2, 0) is 4.79 Å². The number of hydrogen-bond acceptors (Lipinski definition) is 5. The molecule has 5 rings (SSSR count). The van der Waals surface area contributed by atoms with Crippen LogP contribution in [0.2, 0.25) is 0 Å². The molecule has 9 heteroatoms. The quantitative estimate of drug-likeness (QED) is 0.316. The highest BCUT2D eigenvalue weighted by atomic mass is 32.1. The molecular formula is C27H22N4O4S. The minimum absolute atomic E-state index is 0.000734. The number of carboxylic acid groups (broad SMARTS) is 1. The molecular weight excluding hydrogens is 476 g/mol. The van der Waals surface area contributed by atoms with E-state index in [2.05, 4.69) is 15.6 Å². The molecule has 3 N–H and O–H groups in total. The molecule has 2 unspecified atom stereocenters. The molecule has 2 atom stereocenters. The molecule has 180 valence electrons. The van der Waals surface area contributed by atoms with Crippen molar-refractivity contribution in [1.82, 2.24) is 15.2 Å². The van der Waals surface area contributed by atoms with Crippen LogP contribution in [0.3, 0.4) is 0 Å². The molecule has 0 spiro atoms. The summed E-state index contributed by atoms with van der Waals surface area (Å²) in [6.07, 6.45) is 1.70. The first-order chi connectivity index (χ1) is 17.5. The fourth-order valence-electron chi connectivity index (χ4n) is 4.23. The Bertz CT molecular complexity index is 1410. The van der Waals surface area contributed by atoms with Gasteiger partial charge in [-0.25, -0.2) is 4.79 Å². The molecule has 0 radical (unpaired) electrons. The molecule has 1 aliphatic heterocycles. The minimum Gasteiger partial charge on any atom is -0.478 e. The maximum Gasteiger partial charge on any atom is 0.335 e. The number of nitrogens with one attached hydrogen (secondary N) is 2. The molecule has 3 heterocycles. The number of hydrogen-bond donors (Lipinski definition) is 3. The summed E-state index contributed by atoms with van der Waals surface area (Å²) < 4.78 is 6.22. The topological polar surface area (TPSA) is 108 Å². The van der Waals surface area contributed by atoms with Crippen molar-refractivity contribution in [2.75, 3.05) is 11.9 Å². The number of aromatic carboxylic acids is 1. The Kier molecular flexibility index (Phi) is 6.46. The van der Waals surface area contributed by atoms with Crippen molar-refractivity contribution in [3.8, 4) is 11.3 Å². The number of nitrogens with zero attached hydrogens (tertiary/aromatic N) is 2. The Morgan fingerprint density at radius 3 is 2.58 bits per heavy atom. The minimum atomic E-state index is -1.01. The summed E-state index contributed by atoms with van der Waals surface area (Å²) in [4.78, 5) is 30.6. The van der Waals surface area contributed by atoms with Gasteiger partial charge in [-0.3, -0.25) is 9.78 Å². The van der Waals surface area contributed by atoms with Crippen LogP contribution in [0.25, 0.3) is 11.3 Å². The number of benzene rings is 2. The summed E-state index contributed by atoms with van der Waals surface area (Å²) in [5, 5.41) is 15.9. The summed E-state index contributed by atoms with van der Waals surface area (Å²) in [5.74, 6) is -0.154. The number of furan rings is 1. The van der Waals surface area contributed by atoms with Gasteiger partial charge < -0.3 is 25.1 Å². The third-order valence-corrected chi connectivity index (χ3v) is 6.23. The van der Waals surface area contributed by atoms with E-state index in [1.807, 2.05) is 54.6 Å². The molecule has 0 bridgehead atoms. The van der Waals surface area contributed by atoms with Gasteiger partial charge in [-0.05, 0) is 60.7 Å². The molecule has 1 saturated heterocycles. The highest BCUT2D eigenvalue weighted by molar-refractivity contribution is 7.80. The number of carboxylic acids is 1. The number of rotatable bonds is 7. The Labute approximate surface area is 212 Å².